The number of nitro groups is 1. The monoisotopic (exact) mass is 289 g/mol. The Labute approximate surface area is 98.7 Å². The van der Waals surface area contributed by atoms with Gasteiger partial charge in [0.15, 0.2) is 11.6 Å². The van der Waals surface area contributed by atoms with Crippen LogP contribution in [0.4, 0.5) is 14.5 Å². The van der Waals surface area contributed by atoms with Crippen molar-refractivity contribution in [1.29, 1.82) is 0 Å². The summed E-state index contributed by atoms with van der Waals surface area (Å²) in [5.74, 6) is 2.64. The van der Waals surface area contributed by atoms with E-state index in [-0.39, 0.29) is 5.56 Å². The summed E-state index contributed by atoms with van der Waals surface area (Å²) in [5, 5.41) is 11.2. The average Bonchev–Trinajstić information content (AvgIpc) is 2.23. The molecule has 0 aromatic heterocycles. The molecule has 1 rings (SSSR count). The predicted octanol–water partition coefficient (Wildman–Crippen LogP) is 3.01. The summed E-state index contributed by atoms with van der Waals surface area (Å²) in [6, 6.07) is 1.27. The molecule has 0 spiro atoms. The topological polar surface area (TPSA) is 43.1 Å². The molecule has 0 aliphatic heterocycles. The van der Waals surface area contributed by atoms with E-state index < -0.39 is 22.2 Å². The van der Waals surface area contributed by atoms with Crippen molar-refractivity contribution in [2.45, 2.75) is 6.42 Å². The van der Waals surface area contributed by atoms with Crippen LogP contribution >= 0.6 is 15.9 Å². The number of benzene rings is 1. The minimum atomic E-state index is -1.25. The molecule has 0 N–H and O–H groups in total. The Balaban J connectivity index is 3.21. The third-order valence-corrected chi connectivity index (χ3v) is 2.07. The van der Waals surface area contributed by atoms with Crippen molar-refractivity contribution in [2.75, 3.05) is 5.33 Å². The fourth-order valence-corrected chi connectivity index (χ4v) is 1.19. The van der Waals surface area contributed by atoms with E-state index in [0.717, 1.165) is 6.07 Å². The van der Waals surface area contributed by atoms with Crippen LogP contribution in [0.15, 0.2) is 12.1 Å². The van der Waals surface area contributed by atoms with Crippen LogP contribution < -0.4 is 0 Å². The molecule has 0 bridgehead atoms. The largest absolute Gasteiger partial charge is 0.288 e. The average molecular weight is 290 g/mol. The third kappa shape index (κ3) is 3.00. The van der Waals surface area contributed by atoms with Crippen LogP contribution in [0.25, 0.3) is 0 Å². The third-order valence-electron chi connectivity index (χ3n) is 1.68. The first-order chi connectivity index (χ1) is 7.56. The van der Waals surface area contributed by atoms with Gasteiger partial charge in [-0.15, -0.1) is 0 Å². The molecule has 84 valence electrons. The van der Waals surface area contributed by atoms with Gasteiger partial charge in [0, 0.05) is 11.8 Å². The number of hydrogen-bond donors (Lipinski definition) is 0. The Morgan fingerprint density at radius 2 is 2.00 bits per heavy atom. The van der Waals surface area contributed by atoms with E-state index in [1.165, 1.54) is 0 Å². The van der Waals surface area contributed by atoms with Gasteiger partial charge in [0.05, 0.1) is 11.0 Å². The van der Waals surface area contributed by atoms with E-state index in [1.54, 1.807) is 0 Å². The fourth-order valence-electron chi connectivity index (χ4n) is 0.992. The van der Waals surface area contributed by atoms with Gasteiger partial charge in [-0.3, -0.25) is 10.1 Å². The van der Waals surface area contributed by atoms with Crippen molar-refractivity contribution in [2.24, 2.45) is 0 Å². The van der Waals surface area contributed by atoms with Crippen molar-refractivity contribution < 1.29 is 13.7 Å². The lowest BCUT2D eigenvalue weighted by Crippen LogP contribution is -1.96. The van der Waals surface area contributed by atoms with Crippen molar-refractivity contribution in [3.63, 3.8) is 0 Å². The lowest BCUT2D eigenvalue weighted by atomic mass is 10.1. The highest BCUT2D eigenvalue weighted by Gasteiger charge is 2.16. The quantitative estimate of drug-likeness (QED) is 0.364. The molecule has 16 heavy (non-hydrogen) atoms. The molecular weight excluding hydrogens is 284 g/mol. The minimum Gasteiger partial charge on any atom is -0.258 e. The summed E-state index contributed by atoms with van der Waals surface area (Å²) in [4.78, 5) is 9.77. The molecule has 0 unspecified atom stereocenters. The summed E-state index contributed by atoms with van der Waals surface area (Å²) in [6.07, 6.45) is 0.468. The van der Waals surface area contributed by atoms with Crippen LogP contribution in [0.1, 0.15) is 12.0 Å². The molecular formula is C10H6BrF2NO2. The molecule has 0 atom stereocenters. The number of nitrogens with zero attached hydrogens (tertiary/aromatic N) is 1. The van der Waals surface area contributed by atoms with Crippen molar-refractivity contribution in [3.05, 3.63) is 39.4 Å². The Bertz CT molecular complexity index is 480. The predicted molar refractivity (Wildman–Crippen MR) is 58.3 cm³/mol. The van der Waals surface area contributed by atoms with Crippen LogP contribution in [0, 0.1) is 33.6 Å². The second-order valence-electron chi connectivity index (χ2n) is 2.78. The van der Waals surface area contributed by atoms with E-state index in [9.17, 15) is 18.9 Å². The molecule has 0 saturated heterocycles. The fraction of sp³-hybridized carbons (Fsp3) is 0.200. The lowest BCUT2D eigenvalue weighted by molar-refractivity contribution is -0.385. The zero-order chi connectivity index (χ0) is 12.1. The number of nitro benzene ring substituents is 1. The van der Waals surface area contributed by atoms with Crippen molar-refractivity contribution in [3.8, 4) is 11.8 Å². The van der Waals surface area contributed by atoms with Gasteiger partial charge in [0.25, 0.3) is 5.69 Å². The normalized spacial score (nSPS) is 9.44. The van der Waals surface area contributed by atoms with Gasteiger partial charge >= 0.3 is 0 Å². The number of hydrogen-bond acceptors (Lipinski definition) is 2. The number of halogens is 3. The molecule has 0 saturated carbocycles. The second-order valence-corrected chi connectivity index (χ2v) is 3.57. The van der Waals surface area contributed by atoms with Crippen molar-refractivity contribution >= 4 is 21.6 Å². The smallest absolute Gasteiger partial charge is 0.258 e. The highest BCUT2D eigenvalue weighted by molar-refractivity contribution is 9.09. The van der Waals surface area contributed by atoms with Gasteiger partial charge in [-0.25, -0.2) is 8.78 Å². The van der Waals surface area contributed by atoms with E-state index in [2.05, 4.69) is 27.8 Å². The Morgan fingerprint density at radius 1 is 1.38 bits per heavy atom. The molecule has 0 amide bonds. The van der Waals surface area contributed by atoms with Gasteiger partial charge in [-0.05, 0) is 6.07 Å². The maximum Gasteiger partial charge on any atom is 0.288 e. The molecule has 0 aliphatic rings. The number of alkyl halides is 1. The van der Waals surface area contributed by atoms with Crippen LogP contribution in [0.2, 0.25) is 0 Å². The molecule has 6 heteroatoms. The van der Waals surface area contributed by atoms with E-state index in [0.29, 0.717) is 17.8 Å². The molecule has 1 aromatic rings. The number of rotatable bonds is 2. The highest BCUT2D eigenvalue weighted by atomic mass is 79.9. The molecule has 0 radical (unpaired) electrons. The summed E-state index contributed by atoms with van der Waals surface area (Å²) >= 11 is 3.13. The molecule has 1 aromatic carbocycles. The summed E-state index contributed by atoms with van der Waals surface area (Å²) < 4.78 is 25.6. The molecule has 3 nitrogen and oxygen atoms in total. The first-order valence-electron chi connectivity index (χ1n) is 4.24. The van der Waals surface area contributed by atoms with Gasteiger partial charge in [-0.1, -0.05) is 27.8 Å². The SMILES string of the molecule is O=[N+]([O-])c1cc(F)c(F)cc1C#CCCBr. The maximum absolute atomic E-state index is 12.9. The highest BCUT2D eigenvalue weighted by Crippen LogP contribution is 2.21. The summed E-state index contributed by atoms with van der Waals surface area (Å²) in [6.45, 7) is 0. The summed E-state index contributed by atoms with van der Waals surface area (Å²) in [5.41, 5.74) is -0.647. The van der Waals surface area contributed by atoms with E-state index in [4.69, 9.17) is 0 Å². The zero-order valence-electron chi connectivity index (χ0n) is 7.97. The van der Waals surface area contributed by atoms with Gasteiger partial charge in [0.2, 0.25) is 0 Å². The van der Waals surface area contributed by atoms with Gasteiger partial charge < -0.3 is 0 Å². The second kappa shape index (κ2) is 5.56. The van der Waals surface area contributed by atoms with Crippen LogP contribution in [-0.2, 0) is 0 Å². The summed E-state index contributed by atoms with van der Waals surface area (Å²) in [7, 11) is 0. The van der Waals surface area contributed by atoms with Crippen LogP contribution in [0.3, 0.4) is 0 Å². The van der Waals surface area contributed by atoms with Crippen molar-refractivity contribution in [1.82, 2.24) is 0 Å². The van der Waals surface area contributed by atoms with Gasteiger partial charge in [-0.2, -0.15) is 0 Å². The first kappa shape index (κ1) is 12.6. The molecule has 0 aliphatic carbocycles. The zero-order valence-corrected chi connectivity index (χ0v) is 9.55. The van der Waals surface area contributed by atoms with Crippen LogP contribution in [-0.4, -0.2) is 10.3 Å². The van der Waals surface area contributed by atoms with E-state index in [1.807, 2.05) is 0 Å². The standard InChI is InChI=1S/C10H6BrF2NO2/c11-4-2-1-3-7-5-8(12)9(13)6-10(7)14(15)16/h5-6H,2,4H2. The minimum absolute atomic E-state index is 0.121. The Hall–Kier alpha value is -1.48. The lowest BCUT2D eigenvalue weighted by Gasteiger charge is -1.97. The molecule has 0 fully saturated rings. The Kier molecular flexibility index (Phi) is 4.38. The molecule has 0 heterocycles. The van der Waals surface area contributed by atoms with Crippen LogP contribution in [0.5, 0.6) is 0 Å². The van der Waals surface area contributed by atoms with E-state index >= 15 is 0 Å². The van der Waals surface area contributed by atoms with Gasteiger partial charge in [0.1, 0.15) is 5.56 Å². The first-order valence-corrected chi connectivity index (χ1v) is 5.36. The Morgan fingerprint density at radius 3 is 2.56 bits per heavy atom. The maximum atomic E-state index is 12.9.